The van der Waals surface area contributed by atoms with Crippen LogP contribution < -0.4 is 14.6 Å². The molecule has 1 aliphatic rings. The Morgan fingerprint density at radius 3 is 2.67 bits per heavy atom. The van der Waals surface area contributed by atoms with Crippen molar-refractivity contribution in [2.24, 2.45) is 0 Å². The molecule has 1 amide bonds. The number of carbonyl (C=O) groups is 1. The van der Waals surface area contributed by atoms with E-state index in [1.807, 2.05) is 16.9 Å². The van der Waals surface area contributed by atoms with Gasteiger partial charge in [-0.15, -0.1) is 0 Å². The van der Waals surface area contributed by atoms with Crippen molar-refractivity contribution in [3.05, 3.63) is 64.6 Å². The van der Waals surface area contributed by atoms with E-state index < -0.39 is 16.1 Å². The molecule has 0 aliphatic carbocycles. The van der Waals surface area contributed by atoms with Crippen LogP contribution in [-0.2, 0) is 28.0 Å². The van der Waals surface area contributed by atoms with Gasteiger partial charge in [0.2, 0.25) is 0 Å². The van der Waals surface area contributed by atoms with Gasteiger partial charge in [0.25, 0.3) is 11.5 Å². The maximum Gasteiger partial charge on any atom is 0.326 e. The first kappa shape index (κ1) is 16.3. The Bertz CT molecular complexity index is 921. The van der Waals surface area contributed by atoms with Gasteiger partial charge in [-0.1, -0.05) is 24.3 Å². The molecule has 1 N–H and O–H groups in total. The van der Waals surface area contributed by atoms with Gasteiger partial charge in [-0.2, -0.15) is 8.42 Å². The van der Waals surface area contributed by atoms with Crippen molar-refractivity contribution in [3.63, 3.8) is 0 Å². The number of para-hydroxylation sites is 1. The smallest absolute Gasteiger partial charge is 0.306 e. The van der Waals surface area contributed by atoms with E-state index >= 15 is 0 Å². The molecule has 24 heavy (non-hydrogen) atoms. The average molecular weight is 347 g/mol. The summed E-state index contributed by atoms with van der Waals surface area (Å²) >= 11 is 0. The molecule has 126 valence electrons. The lowest BCUT2D eigenvalue weighted by molar-refractivity contribution is -0.119. The number of hydrogen-bond acceptors (Lipinski definition) is 4. The SMILES string of the molecule is O=C(Cn1ccccc1=O)NS(=O)(=O)N1CCCc2ccccc21. The number of anilines is 1. The number of benzene rings is 1. The Labute approximate surface area is 139 Å². The summed E-state index contributed by atoms with van der Waals surface area (Å²) in [5.41, 5.74) is 1.15. The molecule has 0 bridgehead atoms. The first-order valence-electron chi connectivity index (χ1n) is 7.54. The van der Waals surface area contributed by atoms with Crippen LogP contribution in [0.4, 0.5) is 5.69 Å². The van der Waals surface area contributed by atoms with E-state index in [0.717, 1.165) is 16.6 Å². The predicted octanol–water partition coefficient (Wildman–Crippen LogP) is 0.662. The van der Waals surface area contributed by atoms with Crippen LogP contribution in [0.25, 0.3) is 0 Å². The normalized spacial score (nSPS) is 14.1. The molecule has 2 heterocycles. The van der Waals surface area contributed by atoms with Gasteiger partial charge >= 0.3 is 10.2 Å². The molecule has 1 aromatic carbocycles. The highest BCUT2D eigenvalue weighted by atomic mass is 32.2. The van der Waals surface area contributed by atoms with Crippen molar-refractivity contribution < 1.29 is 13.2 Å². The van der Waals surface area contributed by atoms with Gasteiger partial charge in [-0.3, -0.25) is 13.9 Å². The lowest BCUT2D eigenvalue weighted by atomic mass is 10.0. The number of aryl methyl sites for hydroxylation is 1. The maximum absolute atomic E-state index is 12.5. The molecule has 0 atom stereocenters. The molecule has 2 aromatic rings. The number of carbonyl (C=O) groups excluding carboxylic acids is 1. The number of aromatic nitrogens is 1. The van der Waals surface area contributed by atoms with E-state index in [1.165, 1.54) is 16.6 Å². The van der Waals surface area contributed by atoms with Gasteiger partial charge in [-0.05, 0) is 30.5 Å². The summed E-state index contributed by atoms with van der Waals surface area (Å²) < 4.78 is 29.5. The van der Waals surface area contributed by atoms with Crippen LogP contribution in [0, 0.1) is 0 Å². The van der Waals surface area contributed by atoms with Gasteiger partial charge in [0, 0.05) is 18.8 Å². The second-order valence-corrected chi connectivity index (χ2v) is 7.10. The van der Waals surface area contributed by atoms with Crippen molar-refractivity contribution in [1.29, 1.82) is 0 Å². The van der Waals surface area contributed by atoms with Gasteiger partial charge in [0.15, 0.2) is 0 Å². The van der Waals surface area contributed by atoms with Crippen molar-refractivity contribution in [1.82, 2.24) is 9.29 Å². The Morgan fingerprint density at radius 1 is 1.12 bits per heavy atom. The lowest BCUT2D eigenvalue weighted by Crippen LogP contribution is -2.47. The molecule has 0 spiro atoms. The van der Waals surface area contributed by atoms with Crippen LogP contribution in [0.2, 0.25) is 0 Å². The number of rotatable bonds is 4. The highest BCUT2D eigenvalue weighted by Gasteiger charge is 2.28. The van der Waals surface area contributed by atoms with Crippen molar-refractivity contribution in [2.75, 3.05) is 10.8 Å². The molecular weight excluding hydrogens is 330 g/mol. The third-order valence-corrected chi connectivity index (χ3v) is 5.26. The second kappa shape index (κ2) is 6.48. The Hall–Kier alpha value is -2.61. The largest absolute Gasteiger partial charge is 0.326 e. The Kier molecular flexibility index (Phi) is 4.39. The molecule has 0 saturated carbocycles. The molecule has 0 radical (unpaired) electrons. The molecule has 7 nitrogen and oxygen atoms in total. The molecule has 8 heteroatoms. The van der Waals surface area contributed by atoms with Crippen LogP contribution in [-0.4, -0.2) is 25.4 Å². The summed E-state index contributed by atoms with van der Waals surface area (Å²) in [5, 5.41) is 0. The summed E-state index contributed by atoms with van der Waals surface area (Å²) in [4.78, 5) is 23.7. The topological polar surface area (TPSA) is 88.5 Å². The molecule has 0 unspecified atom stereocenters. The number of hydrogen-bond donors (Lipinski definition) is 1. The lowest BCUT2D eigenvalue weighted by Gasteiger charge is -2.30. The van der Waals surface area contributed by atoms with Gasteiger partial charge in [-0.25, -0.2) is 4.72 Å². The zero-order valence-electron chi connectivity index (χ0n) is 12.9. The van der Waals surface area contributed by atoms with Crippen LogP contribution in [0.1, 0.15) is 12.0 Å². The number of nitrogens with one attached hydrogen (secondary N) is 1. The highest BCUT2D eigenvalue weighted by Crippen LogP contribution is 2.28. The standard InChI is InChI=1S/C16H17N3O4S/c20-15(12-18-10-4-3-9-16(18)21)17-24(22,23)19-11-5-7-13-6-1-2-8-14(13)19/h1-4,6,8-10H,5,7,11-12H2,(H,17,20). The van der Waals surface area contributed by atoms with E-state index in [2.05, 4.69) is 0 Å². The van der Waals surface area contributed by atoms with Gasteiger partial charge < -0.3 is 4.57 Å². The minimum absolute atomic E-state index is 0.310. The van der Waals surface area contributed by atoms with E-state index in [1.54, 1.807) is 24.3 Å². The van der Waals surface area contributed by atoms with Crippen LogP contribution in [0.3, 0.4) is 0 Å². The van der Waals surface area contributed by atoms with E-state index in [-0.39, 0.29) is 12.1 Å². The van der Waals surface area contributed by atoms with Crippen LogP contribution in [0.5, 0.6) is 0 Å². The highest BCUT2D eigenvalue weighted by molar-refractivity contribution is 7.91. The fourth-order valence-electron chi connectivity index (χ4n) is 2.73. The number of pyridine rings is 1. The number of nitrogens with zero attached hydrogens (tertiary/aromatic N) is 2. The summed E-state index contributed by atoms with van der Waals surface area (Å²) in [6.45, 7) is -0.0424. The maximum atomic E-state index is 12.5. The monoisotopic (exact) mass is 347 g/mol. The van der Waals surface area contributed by atoms with Gasteiger partial charge in [0.05, 0.1) is 5.69 Å². The zero-order chi connectivity index (χ0) is 17.2. The summed E-state index contributed by atoms with van der Waals surface area (Å²) in [6.07, 6.45) is 2.92. The molecule has 0 saturated heterocycles. The quantitative estimate of drug-likeness (QED) is 0.880. The number of amides is 1. The van der Waals surface area contributed by atoms with Crippen molar-refractivity contribution in [2.45, 2.75) is 19.4 Å². The summed E-state index contributed by atoms with van der Waals surface area (Å²) in [5.74, 6) is -0.758. The average Bonchev–Trinajstić information content (AvgIpc) is 2.56. The minimum atomic E-state index is -4.01. The van der Waals surface area contributed by atoms with Gasteiger partial charge in [0.1, 0.15) is 6.54 Å². The van der Waals surface area contributed by atoms with E-state index in [9.17, 15) is 18.0 Å². The molecule has 3 rings (SSSR count). The minimum Gasteiger partial charge on any atom is -0.306 e. The predicted molar refractivity (Wildman–Crippen MR) is 89.9 cm³/mol. The van der Waals surface area contributed by atoms with E-state index in [4.69, 9.17) is 0 Å². The Morgan fingerprint density at radius 2 is 1.88 bits per heavy atom. The second-order valence-electron chi connectivity index (χ2n) is 5.50. The van der Waals surface area contributed by atoms with Crippen molar-refractivity contribution in [3.8, 4) is 0 Å². The van der Waals surface area contributed by atoms with Crippen LogP contribution in [0.15, 0.2) is 53.5 Å². The summed E-state index contributed by atoms with van der Waals surface area (Å²) in [7, 11) is -4.01. The fourth-order valence-corrected chi connectivity index (χ4v) is 3.99. The van der Waals surface area contributed by atoms with E-state index in [0.29, 0.717) is 18.7 Å². The summed E-state index contributed by atoms with van der Waals surface area (Å²) in [6, 6.07) is 11.7. The number of fused-ring (bicyclic) bond motifs is 1. The third kappa shape index (κ3) is 3.33. The van der Waals surface area contributed by atoms with Crippen molar-refractivity contribution >= 4 is 21.8 Å². The third-order valence-electron chi connectivity index (χ3n) is 3.81. The molecule has 1 aromatic heterocycles. The zero-order valence-corrected chi connectivity index (χ0v) is 13.7. The molecule has 1 aliphatic heterocycles. The Balaban J connectivity index is 1.79. The molecule has 0 fully saturated rings. The fraction of sp³-hybridized carbons (Fsp3) is 0.250. The van der Waals surface area contributed by atoms with Crippen LogP contribution >= 0.6 is 0 Å². The molecular formula is C16H17N3O4S. The first-order chi connectivity index (χ1) is 11.5. The first-order valence-corrected chi connectivity index (χ1v) is 8.98.